The van der Waals surface area contributed by atoms with E-state index in [-0.39, 0.29) is 4.90 Å². The summed E-state index contributed by atoms with van der Waals surface area (Å²) in [5, 5.41) is 3.40. The molecular weight excluding hydrogens is 388 g/mol. The molecule has 0 fully saturated rings. The molecule has 0 unspecified atom stereocenters. The Labute approximate surface area is 172 Å². The van der Waals surface area contributed by atoms with Gasteiger partial charge < -0.3 is 14.6 Å². The van der Waals surface area contributed by atoms with E-state index in [4.69, 9.17) is 9.72 Å². The van der Waals surface area contributed by atoms with Crippen LogP contribution in [0.3, 0.4) is 0 Å². The van der Waals surface area contributed by atoms with E-state index in [1.54, 1.807) is 12.1 Å². The molecule has 0 saturated carbocycles. The minimum atomic E-state index is -3.50. The Kier molecular flexibility index (Phi) is 6.44. The summed E-state index contributed by atoms with van der Waals surface area (Å²) in [6.07, 6.45) is 0.950. The van der Waals surface area contributed by atoms with Crippen molar-refractivity contribution in [2.24, 2.45) is 0 Å². The Hall–Kier alpha value is -2.58. The van der Waals surface area contributed by atoms with Crippen molar-refractivity contribution < 1.29 is 13.2 Å². The Morgan fingerprint density at radius 2 is 1.90 bits per heavy atom. The molecule has 0 amide bonds. The topological polar surface area (TPSA) is 76.5 Å². The van der Waals surface area contributed by atoms with Gasteiger partial charge in [0.2, 0.25) is 10.0 Å². The fourth-order valence-corrected chi connectivity index (χ4v) is 4.13. The second kappa shape index (κ2) is 8.84. The third-order valence-corrected chi connectivity index (χ3v) is 6.46. The number of nitrogens with zero attached hydrogens (tertiary/aromatic N) is 3. The van der Waals surface area contributed by atoms with Crippen LogP contribution in [0.15, 0.2) is 47.4 Å². The van der Waals surface area contributed by atoms with Crippen molar-refractivity contribution in [1.29, 1.82) is 0 Å². The highest BCUT2D eigenvalue weighted by molar-refractivity contribution is 7.89. The molecule has 1 N–H and O–H groups in total. The van der Waals surface area contributed by atoms with Gasteiger partial charge in [-0.3, -0.25) is 0 Å². The van der Waals surface area contributed by atoms with Gasteiger partial charge in [0.1, 0.15) is 11.6 Å². The van der Waals surface area contributed by atoms with Crippen LogP contribution in [0.25, 0.3) is 11.0 Å². The predicted molar refractivity (Wildman–Crippen MR) is 116 cm³/mol. The quantitative estimate of drug-likeness (QED) is 0.575. The van der Waals surface area contributed by atoms with Crippen LogP contribution in [0.1, 0.15) is 26.1 Å². The minimum Gasteiger partial charge on any atom is -0.492 e. The van der Waals surface area contributed by atoms with Crippen molar-refractivity contribution in [2.45, 2.75) is 38.3 Å². The predicted octanol–water partition coefficient (Wildman–Crippen LogP) is 3.71. The zero-order chi connectivity index (χ0) is 21.0. The molecule has 0 saturated heterocycles. The number of anilines is 1. The Bertz CT molecular complexity index is 1090. The highest BCUT2D eigenvalue weighted by Crippen LogP contribution is 2.26. The maximum Gasteiger partial charge on any atom is 0.242 e. The summed E-state index contributed by atoms with van der Waals surface area (Å²) >= 11 is 0. The molecular formula is C21H28N4O3S. The summed E-state index contributed by atoms with van der Waals surface area (Å²) in [4.78, 5) is 4.98. The summed E-state index contributed by atoms with van der Waals surface area (Å²) in [7, 11) is -0.443. The monoisotopic (exact) mass is 416 g/mol. The zero-order valence-corrected chi connectivity index (χ0v) is 18.2. The molecule has 3 aromatic rings. The first-order valence-corrected chi connectivity index (χ1v) is 11.2. The number of para-hydroxylation sites is 2. The largest absolute Gasteiger partial charge is 0.492 e. The second-order valence-corrected chi connectivity index (χ2v) is 9.05. The van der Waals surface area contributed by atoms with Crippen LogP contribution in [-0.2, 0) is 23.1 Å². The van der Waals surface area contributed by atoms with E-state index in [0.717, 1.165) is 35.7 Å². The van der Waals surface area contributed by atoms with Crippen molar-refractivity contribution in [3.8, 4) is 5.75 Å². The lowest BCUT2D eigenvalue weighted by atomic mass is 10.3. The molecule has 0 spiro atoms. The maximum atomic E-state index is 12.5. The number of aromatic nitrogens is 2. The van der Waals surface area contributed by atoms with E-state index in [2.05, 4.69) is 16.8 Å². The van der Waals surface area contributed by atoms with E-state index in [0.29, 0.717) is 18.7 Å². The molecule has 156 valence electrons. The SMILES string of the molecule is CCCn1c(CNc2ccccc2OCC)nc2cc(S(=O)(=O)N(C)C)ccc21. The van der Waals surface area contributed by atoms with Crippen molar-refractivity contribution >= 4 is 26.7 Å². The van der Waals surface area contributed by atoms with Gasteiger partial charge in [-0.2, -0.15) is 0 Å². The smallest absolute Gasteiger partial charge is 0.242 e. The van der Waals surface area contributed by atoms with Gasteiger partial charge >= 0.3 is 0 Å². The molecule has 1 aromatic heterocycles. The molecule has 2 aromatic carbocycles. The van der Waals surface area contributed by atoms with Crippen molar-refractivity contribution in [3.05, 3.63) is 48.3 Å². The van der Waals surface area contributed by atoms with Gasteiger partial charge in [-0.15, -0.1) is 0 Å². The van der Waals surface area contributed by atoms with Crippen molar-refractivity contribution in [3.63, 3.8) is 0 Å². The molecule has 0 aliphatic carbocycles. The molecule has 0 aliphatic rings. The van der Waals surface area contributed by atoms with Gasteiger partial charge in [-0.1, -0.05) is 19.1 Å². The molecule has 8 heteroatoms. The third kappa shape index (κ3) is 4.38. The summed E-state index contributed by atoms with van der Waals surface area (Å²) < 4.78 is 34.0. The average molecular weight is 417 g/mol. The molecule has 0 bridgehead atoms. The van der Waals surface area contributed by atoms with Gasteiger partial charge in [-0.05, 0) is 43.7 Å². The average Bonchev–Trinajstić information content (AvgIpc) is 3.04. The molecule has 0 aliphatic heterocycles. The van der Waals surface area contributed by atoms with Gasteiger partial charge in [0, 0.05) is 20.6 Å². The Morgan fingerprint density at radius 3 is 2.59 bits per heavy atom. The van der Waals surface area contributed by atoms with E-state index in [9.17, 15) is 8.42 Å². The molecule has 7 nitrogen and oxygen atoms in total. The van der Waals surface area contributed by atoms with E-state index in [1.165, 1.54) is 18.4 Å². The molecule has 0 atom stereocenters. The minimum absolute atomic E-state index is 0.248. The van der Waals surface area contributed by atoms with Gasteiger partial charge in [-0.25, -0.2) is 17.7 Å². The number of nitrogens with one attached hydrogen (secondary N) is 1. The maximum absolute atomic E-state index is 12.5. The number of fused-ring (bicyclic) bond motifs is 1. The number of imidazole rings is 1. The number of hydrogen-bond acceptors (Lipinski definition) is 5. The molecule has 0 radical (unpaired) electrons. The normalized spacial score (nSPS) is 11.9. The standard InChI is InChI=1S/C21H28N4O3S/c1-5-13-25-19-12-11-16(29(26,27)24(3)4)14-18(19)23-21(25)15-22-17-9-7-8-10-20(17)28-6-2/h7-12,14,22H,5-6,13,15H2,1-4H3. The van der Waals surface area contributed by atoms with Gasteiger partial charge in [0.25, 0.3) is 0 Å². The molecule has 3 rings (SSSR count). The van der Waals surface area contributed by atoms with E-state index >= 15 is 0 Å². The lowest BCUT2D eigenvalue weighted by Crippen LogP contribution is -2.22. The number of benzene rings is 2. The highest BCUT2D eigenvalue weighted by atomic mass is 32.2. The number of ether oxygens (including phenoxy) is 1. The number of hydrogen-bond donors (Lipinski definition) is 1. The first-order valence-electron chi connectivity index (χ1n) is 9.75. The lowest BCUT2D eigenvalue weighted by Gasteiger charge is -2.13. The van der Waals surface area contributed by atoms with Crippen molar-refractivity contribution in [2.75, 3.05) is 26.0 Å². The van der Waals surface area contributed by atoms with Crippen LogP contribution in [0.2, 0.25) is 0 Å². The number of rotatable bonds is 9. The van der Waals surface area contributed by atoms with Crippen molar-refractivity contribution in [1.82, 2.24) is 13.9 Å². The first kappa shape index (κ1) is 21.1. The summed E-state index contributed by atoms with van der Waals surface area (Å²) in [5.41, 5.74) is 2.51. The highest BCUT2D eigenvalue weighted by Gasteiger charge is 2.19. The third-order valence-electron chi connectivity index (χ3n) is 4.65. The Morgan fingerprint density at radius 1 is 1.14 bits per heavy atom. The molecule has 1 heterocycles. The van der Waals surface area contributed by atoms with Gasteiger partial charge in [0.05, 0.1) is 34.8 Å². The lowest BCUT2D eigenvalue weighted by molar-refractivity contribution is 0.341. The summed E-state index contributed by atoms with van der Waals surface area (Å²) in [5.74, 6) is 1.65. The molecule has 29 heavy (non-hydrogen) atoms. The summed E-state index contributed by atoms with van der Waals surface area (Å²) in [6, 6.07) is 12.9. The van der Waals surface area contributed by atoms with Crippen LogP contribution >= 0.6 is 0 Å². The van der Waals surface area contributed by atoms with Crippen LogP contribution in [0, 0.1) is 0 Å². The van der Waals surface area contributed by atoms with E-state index in [1.807, 2.05) is 37.3 Å². The van der Waals surface area contributed by atoms with Gasteiger partial charge in [0.15, 0.2) is 0 Å². The van der Waals surface area contributed by atoms with Crippen LogP contribution < -0.4 is 10.1 Å². The fraction of sp³-hybridized carbons (Fsp3) is 0.381. The fourth-order valence-electron chi connectivity index (χ4n) is 3.21. The number of aryl methyl sites for hydroxylation is 1. The zero-order valence-electron chi connectivity index (χ0n) is 17.3. The Balaban J connectivity index is 1.96. The van der Waals surface area contributed by atoms with Crippen LogP contribution in [0.4, 0.5) is 5.69 Å². The first-order chi connectivity index (χ1) is 13.9. The van der Waals surface area contributed by atoms with E-state index < -0.39 is 10.0 Å². The van der Waals surface area contributed by atoms with Crippen LogP contribution in [-0.4, -0.2) is 43.0 Å². The van der Waals surface area contributed by atoms with Crippen LogP contribution in [0.5, 0.6) is 5.75 Å². The second-order valence-electron chi connectivity index (χ2n) is 6.90. The summed E-state index contributed by atoms with van der Waals surface area (Å²) in [6.45, 7) is 5.97. The number of sulfonamides is 1.